The van der Waals surface area contributed by atoms with Crippen LogP contribution in [0.3, 0.4) is 0 Å². The Hall–Kier alpha value is -4.13. The van der Waals surface area contributed by atoms with Crippen LogP contribution in [0.2, 0.25) is 0 Å². The maximum atomic E-state index is 12.3. The summed E-state index contributed by atoms with van der Waals surface area (Å²) in [5, 5.41) is 2.79. The molecule has 3 aromatic carbocycles. The standard InChI is InChI=1S/C25H25N3O4/c1-3-15-32-22-13-9-19(10-14-22)25(31)28-27-24(30)18-7-11-21(12-8-18)26-23(29)20-6-4-5-17(2)16-20/h4-14,16H,3,15H2,1-2H3,(H,26,29)(H,27,30)(H,28,31). The number of benzene rings is 3. The molecule has 0 bridgehead atoms. The number of aryl methyl sites for hydroxylation is 1. The van der Waals surface area contributed by atoms with Crippen molar-refractivity contribution in [3.63, 3.8) is 0 Å². The molecule has 164 valence electrons. The number of hydrogen-bond donors (Lipinski definition) is 3. The fraction of sp³-hybridized carbons (Fsp3) is 0.160. The SMILES string of the molecule is CCCOc1ccc(C(=O)NNC(=O)c2ccc(NC(=O)c3cccc(C)c3)cc2)cc1. The summed E-state index contributed by atoms with van der Waals surface area (Å²) in [4.78, 5) is 36.9. The minimum atomic E-state index is -0.474. The predicted molar refractivity (Wildman–Crippen MR) is 123 cm³/mol. The Kier molecular flexibility index (Phi) is 7.59. The second kappa shape index (κ2) is 10.8. The van der Waals surface area contributed by atoms with Gasteiger partial charge in [-0.1, -0.05) is 24.6 Å². The van der Waals surface area contributed by atoms with Crippen molar-refractivity contribution in [2.75, 3.05) is 11.9 Å². The second-order valence-electron chi connectivity index (χ2n) is 7.18. The van der Waals surface area contributed by atoms with Crippen LogP contribution < -0.4 is 20.9 Å². The van der Waals surface area contributed by atoms with E-state index >= 15 is 0 Å². The molecule has 0 radical (unpaired) electrons. The minimum Gasteiger partial charge on any atom is -0.494 e. The molecule has 0 atom stereocenters. The lowest BCUT2D eigenvalue weighted by atomic mass is 10.1. The molecule has 0 aromatic heterocycles. The zero-order valence-corrected chi connectivity index (χ0v) is 18.0. The molecule has 0 unspecified atom stereocenters. The van der Waals surface area contributed by atoms with Gasteiger partial charge in [0.15, 0.2) is 0 Å². The van der Waals surface area contributed by atoms with Gasteiger partial charge in [-0.15, -0.1) is 0 Å². The Morgan fingerprint density at radius 1 is 0.750 bits per heavy atom. The molecule has 7 heteroatoms. The van der Waals surface area contributed by atoms with Crippen molar-refractivity contribution in [2.45, 2.75) is 20.3 Å². The number of amides is 3. The van der Waals surface area contributed by atoms with Gasteiger partial charge >= 0.3 is 0 Å². The van der Waals surface area contributed by atoms with Gasteiger partial charge in [-0.25, -0.2) is 0 Å². The number of carbonyl (C=O) groups excluding carboxylic acids is 3. The number of ether oxygens (including phenoxy) is 1. The topological polar surface area (TPSA) is 96.5 Å². The van der Waals surface area contributed by atoms with Gasteiger partial charge in [0.2, 0.25) is 0 Å². The molecule has 0 aliphatic carbocycles. The second-order valence-corrected chi connectivity index (χ2v) is 7.18. The summed E-state index contributed by atoms with van der Waals surface area (Å²) in [6.45, 7) is 4.54. The summed E-state index contributed by atoms with van der Waals surface area (Å²) in [7, 11) is 0. The predicted octanol–water partition coefficient (Wildman–Crippen LogP) is 4.11. The maximum Gasteiger partial charge on any atom is 0.269 e. The first kappa shape index (κ1) is 22.6. The van der Waals surface area contributed by atoms with Gasteiger partial charge < -0.3 is 10.1 Å². The number of nitrogens with one attached hydrogen (secondary N) is 3. The molecule has 3 N–H and O–H groups in total. The third-order valence-electron chi connectivity index (χ3n) is 4.56. The van der Waals surface area contributed by atoms with E-state index in [1.165, 1.54) is 0 Å². The summed E-state index contributed by atoms with van der Waals surface area (Å²) in [5.74, 6) is -0.466. The Labute approximate surface area is 186 Å². The third kappa shape index (κ3) is 6.18. The minimum absolute atomic E-state index is 0.232. The summed E-state index contributed by atoms with van der Waals surface area (Å²) in [6, 6.07) is 20.3. The van der Waals surface area contributed by atoms with E-state index in [-0.39, 0.29) is 5.91 Å². The van der Waals surface area contributed by atoms with Crippen LogP contribution in [0.4, 0.5) is 5.69 Å². The fourth-order valence-corrected chi connectivity index (χ4v) is 2.87. The van der Waals surface area contributed by atoms with Crippen LogP contribution in [0.25, 0.3) is 0 Å². The lowest BCUT2D eigenvalue weighted by Gasteiger charge is -2.10. The lowest BCUT2D eigenvalue weighted by molar-refractivity contribution is 0.0846. The van der Waals surface area contributed by atoms with Crippen molar-refractivity contribution in [3.05, 3.63) is 95.1 Å². The molecule has 0 heterocycles. The van der Waals surface area contributed by atoms with Gasteiger partial charge in [0.05, 0.1) is 6.61 Å². The summed E-state index contributed by atoms with van der Waals surface area (Å²) in [6.07, 6.45) is 0.897. The molecule has 0 fully saturated rings. The molecular weight excluding hydrogens is 406 g/mol. The highest BCUT2D eigenvalue weighted by Gasteiger charge is 2.11. The van der Waals surface area contributed by atoms with Crippen LogP contribution in [0.15, 0.2) is 72.8 Å². The molecular formula is C25H25N3O4. The van der Waals surface area contributed by atoms with E-state index in [9.17, 15) is 14.4 Å². The molecule has 0 spiro atoms. The zero-order valence-electron chi connectivity index (χ0n) is 18.0. The average molecular weight is 431 g/mol. The van der Waals surface area contributed by atoms with E-state index in [1.807, 2.05) is 26.0 Å². The van der Waals surface area contributed by atoms with Crippen LogP contribution in [-0.4, -0.2) is 24.3 Å². The van der Waals surface area contributed by atoms with Gasteiger partial charge in [-0.3, -0.25) is 25.2 Å². The number of hydrazine groups is 1. The maximum absolute atomic E-state index is 12.3. The highest BCUT2D eigenvalue weighted by molar-refractivity contribution is 6.05. The molecule has 3 amide bonds. The molecule has 3 rings (SSSR count). The monoisotopic (exact) mass is 431 g/mol. The summed E-state index contributed by atoms with van der Waals surface area (Å²) < 4.78 is 5.48. The molecule has 7 nitrogen and oxygen atoms in total. The van der Waals surface area contributed by atoms with E-state index in [0.717, 1.165) is 12.0 Å². The third-order valence-corrected chi connectivity index (χ3v) is 4.56. The van der Waals surface area contributed by atoms with E-state index in [2.05, 4.69) is 16.2 Å². The number of rotatable bonds is 7. The highest BCUT2D eigenvalue weighted by atomic mass is 16.5. The van der Waals surface area contributed by atoms with Crippen molar-refractivity contribution >= 4 is 23.4 Å². The van der Waals surface area contributed by atoms with Crippen molar-refractivity contribution in [3.8, 4) is 5.75 Å². The largest absolute Gasteiger partial charge is 0.494 e. The van der Waals surface area contributed by atoms with E-state index < -0.39 is 11.8 Å². The van der Waals surface area contributed by atoms with E-state index in [0.29, 0.717) is 34.7 Å². The fourth-order valence-electron chi connectivity index (χ4n) is 2.87. The molecule has 32 heavy (non-hydrogen) atoms. The Morgan fingerprint density at radius 3 is 1.91 bits per heavy atom. The lowest BCUT2D eigenvalue weighted by Crippen LogP contribution is -2.41. The van der Waals surface area contributed by atoms with Gasteiger partial charge in [0.1, 0.15) is 5.75 Å². The number of hydrogen-bond acceptors (Lipinski definition) is 4. The van der Waals surface area contributed by atoms with E-state index in [4.69, 9.17) is 4.74 Å². The van der Waals surface area contributed by atoms with E-state index in [1.54, 1.807) is 60.7 Å². The average Bonchev–Trinajstić information content (AvgIpc) is 2.81. The van der Waals surface area contributed by atoms with Gasteiger partial charge in [-0.05, 0) is 74.0 Å². The first-order chi connectivity index (χ1) is 15.5. The van der Waals surface area contributed by atoms with Crippen molar-refractivity contribution in [1.82, 2.24) is 10.9 Å². The quantitative estimate of drug-likeness (QED) is 0.491. The number of anilines is 1. The first-order valence-corrected chi connectivity index (χ1v) is 10.3. The molecule has 0 saturated carbocycles. The van der Waals surface area contributed by atoms with Crippen LogP contribution in [0.1, 0.15) is 50.0 Å². The normalized spacial score (nSPS) is 10.2. The van der Waals surface area contributed by atoms with Crippen LogP contribution >= 0.6 is 0 Å². The van der Waals surface area contributed by atoms with Gasteiger partial charge in [-0.2, -0.15) is 0 Å². The van der Waals surface area contributed by atoms with Gasteiger partial charge in [0, 0.05) is 22.4 Å². The molecule has 0 aliphatic heterocycles. The van der Waals surface area contributed by atoms with Crippen LogP contribution in [-0.2, 0) is 0 Å². The Balaban J connectivity index is 1.52. The zero-order chi connectivity index (χ0) is 22.9. The van der Waals surface area contributed by atoms with Crippen molar-refractivity contribution in [1.29, 1.82) is 0 Å². The number of carbonyl (C=O) groups is 3. The van der Waals surface area contributed by atoms with Crippen molar-refractivity contribution < 1.29 is 19.1 Å². The van der Waals surface area contributed by atoms with Crippen LogP contribution in [0.5, 0.6) is 5.75 Å². The molecule has 0 saturated heterocycles. The first-order valence-electron chi connectivity index (χ1n) is 10.3. The summed E-state index contributed by atoms with van der Waals surface area (Å²) >= 11 is 0. The summed E-state index contributed by atoms with van der Waals surface area (Å²) in [5.41, 5.74) is 7.60. The Bertz CT molecular complexity index is 1090. The smallest absolute Gasteiger partial charge is 0.269 e. The van der Waals surface area contributed by atoms with Gasteiger partial charge in [0.25, 0.3) is 17.7 Å². The molecule has 3 aromatic rings. The Morgan fingerprint density at radius 2 is 1.34 bits per heavy atom. The molecule has 0 aliphatic rings. The highest BCUT2D eigenvalue weighted by Crippen LogP contribution is 2.14. The van der Waals surface area contributed by atoms with Crippen LogP contribution in [0, 0.1) is 6.92 Å². The van der Waals surface area contributed by atoms with Crippen molar-refractivity contribution in [2.24, 2.45) is 0 Å².